The fourth-order valence-corrected chi connectivity index (χ4v) is 2.29. The predicted octanol–water partition coefficient (Wildman–Crippen LogP) is 1.70. The molecule has 0 saturated carbocycles. The summed E-state index contributed by atoms with van der Waals surface area (Å²) in [6, 6.07) is 10.3. The molecule has 94 valence electrons. The van der Waals surface area contributed by atoms with Gasteiger partial charge in [-0.25, -0.2) is 0 Å². The summed E-state index contributed by atoms with van der Waals surface area (Å²) in [6.45, 7) is 4.88. The van der Waals surface area contributed by atoms with E-state index in [2.05, 4.69) is 24.4 Å². The number of hydrogen-bond donors (Lipinski definition) is 2. The third-order valence-electron chi connectivity index (χ3n) is 3.53. The maximum Gasteiger partial charge on any atom is 0.0588 e. The van der Waals surface area contributed by atoms with Gasteiger partial charge in [0, 0.05) is 25.7 Å². The van der Waals surface area contributed by atoms with Crippen molar-refractivity contribution in [3.8, 4) is 0 Å². The van der Waals surface area contributed by atoms with Crippen LogP contribution in [-0.4, -0.2) is 25.8 Å². The van der Waals surface area contributed by atoms with Crippen molar-refractivity contribution in [3.05, 3.63) is 35.9 Å². The quantitative estimate of drug-likeness (QED) is 0.815. The summed E-state index contributed by atoms with van der Waals surface area (Å²) in [4.78, 5) is 0. The van der Waals surface area contributed by atoms with Gasteiger partial charge in [0.05, 0.1) is 6.10 Å². The van der Waals surface area contributed by atoms with Gasteiger partial charge in [-0.1, -0.05) is 30.3 Å². The molecular formula is C14H22N2O. The Kier molecular flexibility index (Phi) is 4.54. The highest BCUT2D eigenvalue weighted by molar-refractivity contribution is 5.18. The van der Waals surface area contributed by atoms with Crippen LogP contribution in [0.4, 0.5) is 0 Å². The van der Waals surface area contributed by atoms with E-state index in [-0.39, 0.29) is 6.04 Å². The van der Waals surface area contributed by atoms with Crippen molar-refractivity contribution < 1.29 is 4.74 Å². The van der Waals surface area contributed by atoms with E-state index in [9.17, 15) is 0 Å². The molecule has 0 aliphatic carbocycles. The van der Waals surface area contributed by atoms with Gasteiger partial charge < -0.3 is 15.8 Å². The zero-order valence-corrected chi connectivity index (χ0v) is 10.4. The molecule has 0 spiro atoms. The van der Waals surface area contributed by atoms with E-state index in [1.807, 2.05) is 18.2 Å². The molecule has 1 heterocycles. The van der Waals surface area contributed by atoms with Crippen LogP contribution in [0.15, 0.2) is 30.3 Å². The minimum absolute atomic E-state index is 0.0776. The average Bonchev–Trinajstić information content (AvgIpc) is 2.76. The van der Waals surface area contributed by atoms with Crippen LogP contribution >= 0.6 is 0 Å². The van der Waals surface area contributed by atoms with E-state index in [0.29, 0.717) is 12.0 Å². The predicted molar refractivity (Wildman–Crippen MR) is 69.8 cm³/mol. The van der Waals surface area contributed by atoms with Crippen LogP contribution in [0.3, 0.4) is 0 Å². The Morgan fingerprint density at radius 3 is 2.82 bits per heavy atom. The smallest absolute Gasteiger partial charge is 0.0588 e. The second-order valence-electron chi connectivity index (χ2n) is 4.80. The molecule has 0 aromatic heterocycles. The second-order valence-corrected chi connectivity index (χ2v) is 4.80. The molecule has 1 saturated heterocycles. The monoisotopic (exact) mass is 234 g/mol. The summed E-state index contributed by atoms with van der Waals surface area (Å²) in [6.07, 6.45) is 1.55. The molecular weight excluding hydrogens is 212 g/mol. The highest BCUT2D eigenvalue weighted by atomic mass is 16.5. The van der Waals surface area contributed by atoms with Crippen molar-refractivity contribution in [1.29, 1.82) is 0 Å². The second kappa shape index (κ2) is 6.15. The minimum atomic E-state index is 0.0776. The average molecular weight is 234 g/mol. The lowest BCUT2D eigenvalue weighted by atomic mass is 10.0. The molecule has 1 aromatic rings. The Labute approximate surface area is 103 Å². The molecule has 0 radical (unpaired) electrons. The number of nitrogens with one attached hydrogen (secondary N) is 1. The SMILES string of the molecule is CC1OCCC1CNCC(N)c1ccccc1. The normalized spacial score (nSPS) is 26.0. The van der Waals surface area contributed by atoms with Gasteiger partial charge in [-0.3, -0.25) is 0 Å². The summed E-state index contributed by atoms with van der Waals surface area (Å²) in [5, 5.41) is 3.45. The highest BCUT2D eigenvalue weighted by Gasteiger charge is 2.23. The van der Waals surface area contributed by atoms with Gasteiger partial charge in [0.15, 0.2) is 0 Å². The van der Waals surface area contributed by atoms with E-state index in [1.54, 1.807) is 0 Å². The largest absolute Gasteiger partial charge is 0.378 e. The Balaban J connectivity index is 1.71. The van der Waals surface area contributed by atoms with Crippen LogP contribution in [0.25, 0.3) is 0 Å². The fourth-order valence-electron chi connectivity index (χ4n) is 2.29. The molecule has 1 aromatic carbocycles. The van der Waals surface area contributed by atoms with Crippen molar-refractivity contribution in [3.63, 3.8) is 0 Å². The van der Waals surface area contributed by atoms with Gasteiger partial charge in [0.25, 0.3) is 0 Å². The first-order chi connectivity index (χ1) is 8.27. The number of hydrogen-bond acceptors (Lipinski definition) is 3. The van der Waals surface area contributed by atoms with Crippen molar-refractivity contribution in [1.82, 2.24) is 5.32 Å². The molecule has 3 atom stereocenters. The molecule has 3 N–H and O–H groups in total. The summed E-state index contributed by atoms with van der Waals surface area (Å²) in [5.41, 5.74) is 7.31. The molecule has 1 aliphatic heterocycles. The van der Waals surface area contributed by atoms with E-state index in [1.165, 1.54) is 5.56 Å². The first-order valence-electron chi connectivity index (χ1n) is 6.40. The highest BCUT2D eigenvalue weighted by Crippen LogP contribution is 2.19. The number of rotatable bonds is 5. The van der Waals surface area contributed by atoms with Crippen molar-refractivity contribution in [2.75, 3.05) is 19.7 Å². The Morgan fingerprint density at radius 1 is 1.41 bits per heavy atom. The van der Waals surface area contributed by atoms with Crippen LogP contribution in [0, 0.1) is 5.92 Å². The van der Waals surface area contributed by atoms with Gasteiger partial charge in [0.2, 0.25) is 0 Å². The maximum absolute atomic E-state index is 6.12. The van der Waals surface area contributed by atoms with Crippen LogP contribution in [0.1, 0.15) is 24.9 Å². The topological polar surface area (TPSA) is 47.3 Å². The van der Waals surface area contributed by atoms with Crippen molar-refractivity contribution in [2.24, 2.45) is 11.7 Å². The lowest BCUT2D eigenvalue weighted by molar-refractivity contribution is 0.105. The van der Waals surface area contributed by atoms with Gasteiger partial charge in [0.1, 0.15) is 0 Å². The summed E-state index contributed by atoms with van der Waals surface area (Å²) >= 11 is 0. The molecule has 2 rings (SSSR count). The molecule has 17 heavy (non-hydrogen) atoms. The Bertz CT molecular complexity index is 328. The van der Waals surface area contributed by atoms with Gasteiger partial charge in [-0.15, -0.1) is 0 Å². The lowest BCUT2D eigenvalue weighted by Crippen LogP contribution is -2.32. The summed E-state index contributed by atoms with van der Waals surface area (Å²) < 4.78 is 5.54. The number of ether oxygens (including phenoxy) is 1. The number of nitrogens with two attached hydrogens (primary N) is 1. The Hall–Kier alpha value is -0.900. The summed E-state index contributed by atoms with van der Waals surface area (Å²) in [7, 11) is 0. The van der Waals surface area contributed by atoms with E-state index < -0.39 is 0 Å². The van der Waals surface area contributed by atoms with E-state index >= 15 is 0 Å². The van der Waals surface area contributed by atoms with Crippen LogP contribution < -0.4 is 11.1 Å². The zero-order valence-electron chi connectivity index (χ0n) is 10.4. The molecule has 0 bridgehead atoms. The van der Waals surface area contributed by atoms with Crippen molar-refractivity contribution in [2.45, 2.75) is 25.5 Å². The third kappa shape index (κ3) is 3.53. The van der Waals surface area contributed by atoms with Crippen LogP contribution in [-0.2, 0) is 4.74 Å². The van der Waals surface area contributed by atoms with Crippen LogP contribution in [0.5, 0.6) is 0 Å². The van der Waals surface area contributed by atoms with Crippen LogP contribution in [0.2, 0.25) is 0 Å². The lowest BCUT2D eigenvalue weighted by Gasteiger charge is -2.17. The molecule has 1 aliphatic rings. The van der Waals surface area contributed by atoms with Gasteiger partial charge in [-0.05, 0) is 24.8 Å². The number of benzene rings is 1. The summed E-state index contributed by atoms with van der Waals surface area (Å²) in [5.74, 6) is 0.637. The van der Waals surface area contributed by atoms with Gasteiger partial charge in [-0.2, -0.15) is 0 Å². The van der Waals surface area contributed by atoms with Gasteiger partial charge >= 0.3 is 0 Å². The maximum atomic E-state index is 6.12. The minimum Gasteiger partial charge on any atom is -0.378 e. The molecule has 3 unspecified atom stereocenters. The third-order valence-corrected chi connectivity index (χ3v) is 3.53. The fraction of sp³-hybridized carbons (Fsp3) is 0.571. The van der Waals surface area contributed by atoms with Crippen molar-refractivity contribution >= 4 is 0 Å². The standard InChI is InChI=1S/C14H22N2O/c1-11-13(7-8-17-11)9-16-10-14(15)12-5-3-2-4-6-12/h2-6,11,13-14,16H,7-10,15H2,1H3. The van der Waals surface area contributed by atoms with E-state index in [4.69, 9.17) is 10.5 Å². The van der Waals surface area contributed by atoms with E-state index in [0.717, 1.165) is 26.1 Å². The molecule has 3 heteroatoms. The molecule has 0 amide bonds. The first-order valence-corrected chi connectivity index (χ1v) is 6.40. The first kappa shape index (κ1) is 12.6. The Morgan fingerprint density at radius 2 is 2.18 bits per heavy atom. The molecule has 1 fully saturated rings. The molecule has 3 nitrogen and oxygen atoms in total. The zero-order chi connectivity index (χ0) is 12.1.